The van der Waals surface area contributed by atoms with Gasteiger partial charge >= 0.3 is 0 Å². The topological polar surface area (TPSA) is 66.9 Å². The lowest BCUT2D eigenvalue weighted by atomic mass is 10.1. The van der Waals surface area contributed by atoms with Crippen LogP contribution in [0.25, 0.3) is 10.2 Å². The molecule has 2 heterocycles. The van der Waals surface area contributed by atoms with E-state index in [1.54, 1.807) is 6.08 Å². The van der Waals surface area contributed by atoms with E-state index in [1.807, 2.05) is 27.7 Å². The molecule has 0 aromatic carbocycles. The number of carbonyl (C=O) groups is 1. The van der Waals surface area contributed by atoms with Crippen LogP contribution in [0.5, 0.6) is 0 Å². The monoisotopic (exact) mass is 304 g/mol. The fourth-order valence-electron chi connectivity index (χ4n) is 1.99. The third-order valence-corrected chi connectivity index (χ3v) is 4.03. The van der Waals surface area contributed by atoms with Crippen molar-refractivity contribution in [2.45, 2.75) is 33.2 Å². The number of anilines is 1. The van der Waals surface area contributed by atoms with Gasteiger partial charge in [-0.15, -0.1) is 17.9 Å². The van der Waals surface area contributed by atoms with Crippen molar-refractivity contribution in [3.63, 3.8) is 0 Å². The van der Waals surface area contributed by atoms with Crippen LogP contribution in [-0.2, 0) is 0 Å². The van der Waals surface area contributed by atoms with E-state index in [9.17, 15) is 4.79 Å². The number of nitrogens with one attached hydrogen (secondary N) is 2. The minimum Gasteiger partial charge on any atom is -0.366 e. The lowest BCUT2D eigenvalue weighted by Gasteiger charge is -2.20. The number of rotatable bonds is 4. The summed E-state index contributed by atoms with van der Waals surface area (Å²) in [6, 6.07) is 0. The zero-order valence-electron chi connectivity index (χ0n) is 12.8. The van der Waals surface area contributed by atoms with Gasteiger partial charge in [-0.1, -0.05) is 6.08 Å². The third kappa shape index (κ3) is 3.39. The molecule has 0 fully saturated rings. The van der Waals surface area contributed by atoms with Crippen molar-refractivity contribution in [2.75, 3.05) is 11.9 Å². The Morgan fingerprint density at radius 3 is 2.76 bits per heavy atom. The molecule has 0 aliphatic rings. The summed E-state index contributed by atoms with van der Waals surface area (Å²) in [5.41, 5.74) is 0.638. The number of nitrogens with zero attached hydrogens (tertiary/aromatic N) is 2. The molecule has 1 amide bonds. The number of thiophene rings is 1. The number of aryl methyl sites for hydroxylation is 1. The van der Waals surface area contributed by atoms with Gasteiger partial charge in [0.1, 0.15) is 17.0 Å². The number of fused-ring (bicyclic) bond motifs is 1. The summed E-state index contributed by atoms with van der Waals surface area (Å²) < 4.78 is 0. The summed E-state index contributed by atoms with van der Waals surface area (Å²) in [5, 5.41) is 7.08. The molecule has 5 nitrogen and oxygen atoms in total. The molecule has 0 atom stereocenters. The Morgan fingerprint density at radius 2 is 2.14 bits per heavy atom. The molecule has 2 N–H and O–H groups in total. The zero-order chi connectivity index (χ0) is 15.6. The van der Waals surface area contributed by atoms with Crippen LogP contribution < -0.4 is 10.6 Å². The van der Waals surface area contributed by atoms with Crippen LogP contribution >= 0.6 is 11.3 Å². The molecule has 2 aromatic rings. The summed E-state index contributed by atoms with van der Waals surface area (Å²) in [6.07, 6.45) is 3.28. The lowest BCUT2D eigenvalue weighted by molar-refractivity contribution is 0.0923. The van der Waals surface area contributed by atoms with Gasteiger partial charge in [-0.3, -0.25) is 4.79 Å². The van der Waals surface area contributed by atoms with E-state index in [0.717, 1.165) is 21.6 Å². The van der Waals surface area contributed by atoms with Crippen LogP contribution in [0.4, 0.5) is 5.82 Å². The first-order valence-electron chi connectivity index (χ1n) is 6.75. The molecule has 0 aliphatic carbocycles. The number of hydrogen-bond acceptors (Lipinski definition) is 5. The van der Waals surface area contributed by atoms with E-state index in [1.165, 1.54) is 17.7 Å². The lowest BCUT2D eigenvalue weighted by Crippen LogP contribution is -2.40. The minimum atomic E-state index is -0.269. The van der Waals surface area contributed by atoms with Crippen molar-refractivity contribution in [2.24, 2.45) is 0 Å². The Labute approximate surface area is 128 Å². The molecule has 0 spiro atoms. The second-order valence-electron chi connectivity index (χ2n) is 5.83. The SMILES string of the molecule is C=CCNc1ncnc2sc(C(=O)NC(C)(C)C)c(C)c12. The van der Waals surface area contributed by atoms with Gasteiger partial charge < -0.3 is 10.6 Å². The van der Waals surface area contributed by atoms with E-state index in [-0.39, 0.29) is 11.4 Å². The van der Waals surface area contributed by atoms with Gasteiger partial charge in [0, 0.05) is 12.1 Å². The number of amides is 1. The highest BCUT2D eigenvalue weighted by molar-refractivity contribution is 7.20. The number of aromatic nitrogens is 2. The third-order valence-electron chi connectivity index (χ3n) is 2.84. The van der Waals surface area contributed by atoms with Gasteiger partial charge in [-0.05, 0) is 33.3 Å². The highest BCUT2D eigenvalue weighted by atomic mass is 32.1. The van der Waals surface area contributed by atoms with Gasteiger partial charge in [0.15, 0.2) is 0 Å². The van der Waals surface area contributed by atoms with Gasteiger partial charge in [-0.25, -0.2) is 9.97 Å². The molecule has 0 aliphatic heterocycles. The number of hydrogen-bond donors (Lipinski definition) is 2. The summed E-state index contributed by atoms with van der Waals surface area (Å²) >= 11 is 1.39. The van der Waals surface area contributed by atoms with Crippen LogP contribution in [0.1, 0.15) is 36.0 Å². The first kappa shape index (κ1) is 15.4. The summed E-state index contributed by atoms with van der Waals surface area (Å²) in [4.78, 5) is 22.4. The van der Waals surface area contributed by atoms with Crippen molar-refractivity contribution < 1.29 is 4.79 Å². The molecule has 21 heavy (non-hydrogen) atoms. The van der Waals surface area contributed by atoms with Crippen LogP contribution in [0.15, 0.2) is 19.0 Å². The summed E-state index contributed by atoms with van der Waals surface area (Å²) in [7, 11) is 0. The van der Waals surface area contributed by atoms with Crippen LogP contribution in [0, 0.1) is 6.92 Å². The fraction of sp³-hybridized carbons (Fsp3) is 0.400. The molecule has 0 saturated heterocycles. The molecule has 0 bridgehead atoms. The standard InChI is InChI=1S/C15H20N4OS/c1-6-7-16-12-10-9(2)11(13(20)19-15(3,4)5)21-14(10)18-8-17-12/h6,8H,1,7H2,2-5H3,(H,19,20)(H,16,17,18). The molecule has 112 valence electrons. The number of carbonyl (C=O) groups excluding carboxylic acids is 1. The summed E-state index contributed by atoms with van der Waals surface area (Å²) in [5.74, 6) is 0.668. The molecule has 6 heteroatoms. The average Bonchev–Trinajstić information content (AvgIpc) is 2.73. The minimum absolute atomic E-state index is 0.0716. The normalized spacial score (nSPS) is 11.4. The average molecular weight is 304 g/mol. The van der Waals surface area contributed by atoms with Crippen molar-refractivity contribution in [3.8, 4) is 0 Å². The van der Waals surface area contributed by atoms with E-state index < -0.39 is 0 Å². The maximum absolute atomic E-state index is 12.4. The molecule has 0 saturated carbocycles. The molecular formula is C15H20N4OS. The van der Waals surface area contributed by atoms with Crippen molar-refractivity contribution in [1.82, 2.24) is 15.3 Å². The van der Waals surface area contributed by atoms with Gasteiger partial charge in [0.25, 0.3) is 5.91 Å². The molecule has 0 radical (unpaired) electrons. The largest absolute Gasteiger partial charge is 0.366 e. The quantitative estimate of drug-likeness (QED) is 0.852. The second kappa shape index (κ2) is 5.81. The Morgan fingerprint density at radius 1 is 1.43 bits per heavy atom. The van der Waals surface area contributed by atoms with Gasteiger partial charge in [0.05, 0.1) is 10.3 Å². The van der Waals surface area contributed by atoms with E-state index in [2.05, 4.69) is 27.2 Å². The van der Waals surface area contributed by atoms with Gasteiger partial charge in [0.2, 0.25) is 0 Å². The predicted octanol–water partition coefficient (Wildman–Crippen LogP) is 3.13. The zero-order valence-corrected chi connectivity index (χ0v) is 13.6. The Hall–Kier alpha value is -1.95. The van der Waals surface area contributed by atoms with Gasteiger partial charge in [-0.2, -0.15) is 0 Å². The predicted molar refractivity (Wildman–Crippen MR) is 88.1 cm³/mol. The van der Waals surface area contributed by atoms with Crippen molar-refractivity contribution in [1.29, 1.82) is 0 Å². The first-order valence-corrected chi connectivity index (χ1v) is 7.56. The Bertz CT molecular complexity index is 685. The van der Waals surface area contributed by atoms with Crippen LogP contribution in [0.2, 0.25) is 0 Å². The summed E-state index contributed by atoms with van der Waals surface area (Å²) in [6.45, 7) is 12.1. The van der Waals surface area contributed by atoms with E-state index in [0.29, 0.717) is 11.4 Å². The second-order valence-corrected chi connectivity index (χ2v) is 6.83. The molecule has 2 aromatic heterocycles. The Balaban J connectivity index is 2.46. The van der Waals surface area contributed by atoms with E-state index in [4.69, 9.17) is 0 Å². The molecule has 0 unspecified atom stereocenters. The Kier molecular flexibility index (Phi) is 4.27. The fourth-order valence-corrected chi connectivity index (χ4v) is 3.03. The first-order chi connectivity index (χ1) is 9.83. The smallest absolute Gasteiger partial charge is 0.262 e. The highest BCUT2D eigenvalue weighted by Crippen LogP contribution is 2.33. The van der Waals surface area contributed by atoms with Crippen molar-refractivity contribution in [3.05, 3.63) is 29.4 Å². The highest BCUT2D eigenvalue weighted by Gasteiger charge is 2.22. The molecular weight excluding hydrogens is 284 g/mol. The van der Waals surface area contributed by atoms with E-state index >= 15 is 0 Å². The maximum atomic E-state index is 12.4. The van der Waals surface area contributed by atoms with Crippen LogP contribution in [-0.4, -0.2) is 28.0 Å². The maximum Gasteiger partial charge on any atom is 0.262 e. The van der Waals surface area contributed by atoms with Crippen LogP contribution in [0.3, 0.4) is 0 Å². The molecule has 2 rings (SSSR count). The van der Waals surface area contributed by atoms with Crippen molar-refractivity contribution >= 4 is 33.3 Å².